The summed E-state index contributed by atoms with van der Waals surface area (Å²) < 4.78 is 17.7. The van der Waals surface area contributed by atoms with E-state index in [-0.39, 0.29) is 19.4 Å². The molecule has 1 aromatic rings. The number of alkyl halides is 1. The lowest BCUT2D eigenvalue weighted by Crippen LogP contribution is -2.63. The molecule has 1 amide bonds. The highest BCUT2D eigenvalue weighted by Crippen LogP contribution is 2.35. The van der Waals surface area contributed by atoms with Gasteiger partial charge in [0.05, 0.1) is 0 Å². The Kier molecular flexibility index (Phi) is 3.69. The van der Waals surface area contributed by atoms with Crippen LogP contribution < -0.4 is 5.32 Å². The summed E-state index contributed by atoms with van der Waals surface area (Å²) in [6.45, 7) is 0.0431. The van der Waals surface area contributed by atoms with Crippen LogP contribution in [0.3, 0.4) is 0 Å². The quantitative estimate of drug-likeness (QED) is 0.873. The number of hydrogen-bond acceptors (Lipinski definition) is 3. The van der Waals surface area contributed by atoms with Gasteiger partial charge in [-0.15, -0.1) is 0 Å². The molecule has 19 heavy (non-hydrogen) atoms. The maximum atomic E-state index is 12.8. The molecule has 0 unspecified atom stereocenters. The summed E-state index contributed by atoms with van der Waals surface area (Å²) in [4.78, 5) is 22.5. The van der Waals surface area contributed by atoms with Crippen LogP contribution in [-0.4, -0.2) is 28.9 Å². The number of amides is 1. The molecule has 1 aliphatic carbocycles. The third-order valence-corrected chi connectivity index (χ3v) is 3.10. The predicted molar refractivity (Wildman–Crippen MR) is 64.3 cm³/mol. The van der Waals surface area contributed by atoms with Crippen LogP contribution in [0.2, 0.25) is 0 Å². The van der Waals surface area contributed by atoms with E-state index < -0.39 is 23.8 Å². The molecule has 1 saturated carbocycles. The number of ether oxygens (including phenoxy) is 1. The zero-order valence-electron chi connectivity index (χ0n) is 10.1. The number of alkyl carbamates (subject to hydrolysis) is 1. The van der Waals surface area contributed by atoms with E-state index in [9.17, 15) is 14.0 Å². The summed E-state index contributed by atoms with van der Waals surface area (Å²) >= 11 is 0. The van der Waals surface area contributed by atoms with E-state index >= 15 is 0 Å². The number of carbonyl (C=O) groups is 2. The van der Waals surface area contributed by atoms with Gasteiger partial charge in [0.25, 0.3) is 0 Å². The van der Waals surface area contributed by atoms with Crippen molar-refractivity contribution in [3.05, 3.63) is 35.9 Å². The number of halogens is 1. The van der Waals surface area contributed by atoms with E-state index in [4.69, 9.17) is 9.84 Å². The first-order chi connectivity index (χ1) is 9.02. The van der Waals surface area contributed by atoms with E-state index in [1.165, 1.54) is 0 Å². The molecule has 0 radical (unpaired) electrons. The molecule has 2 rings (SSSR count). The van der Waals surface area contributed by atoms with Crippen molar-refractivity contribution in [2.24, 2.45) is 0 Å². The standard InChI is InChI=1S/C13H14FNO4/c14-10-6-13(7-10,11(16)17)15-12(18)19-8-9-4-2-1-3-5-9/h1-5,10H,6-8H2,(H,15,18)(H,16,17). The normalized spacial score (nSPS) is 25.2. The van der Waals surface area contributed by atoms with E-state index in [0.29, 0.717) is 0 Å². The lowest BCUT2D eigenvalue weighted by Gasteiger charge is -2.40. The van der Waals surface area contributed by atoms with Gasteiger partial charge in [-0.25, -0.2) is 14.0 Å². The average Bonchev–Trinajstić information content (AvgIpc) is 2.35. The van der Waals surface area contributed by atoms with E-state index in [1.54, 1.807) is 24.3 Å². The summed E-state index contributed by atoms with van der Waals surface area (Å²) in [7, 11) is 0. The van der Waals surface area contributed by atoms with Crippen LogP contribution in [0.15, 0.2) is 30.3 Å². The summed E-state index contributed by atoms with van der Waals surface area (Å²) in [6.07, 6.45) is -2.48. The molecule has 102 valence electrons. The number of carboxylic acids is 1. The van der Waals surface area contributed by atoms with Crippen molar-refractivity contribution in [2.75, 3.05) is 0 Å². The van der Waals surface area contributed by atoms with Crippen molar-refractivity contribution < 1.29 is 23.8 Å². The molecular formula is C13H14FNO4. The van der Waals surface area contributed by atoms with Crippen molar-refractivity contribution in [1.82, 2.24) is 5.32 Å². The summed E-state index contributed by atoms with van der Waals surface area (Å²) in [5.41, 5.74) is -0.730. The minimum absolute atomic E-state index is 0.0431. The maximum Gasteiger partial charge on any atom is 0.408 e. The topological polar surface area (TPSA) is 75.6 Å². The monoisotopic (exact) mass is 267 g/mol. The second-order valence-corrected chi connectivity index (χ2v) is 4.58. The molecule has 6 heteroatoms. The lowest BCUT2D eigenvalue weighted by atomic mass is 9.75. The Balaban J connectivity index is 1.86. The maximum absolute atomic E-state index is 12.8. The highest BCUT2D eigenvalue weighted by atomic mass is 19.1. The Bertz CT molecular complexity index is 471. The molecule has 0 aliphatic heterocycles. The van der Waals surface area contributed by atoms with Gasteiger partial charge in [0.2, 0.25) is 0 Å². The first-order valence-corrected chi connectivity index (χ1v) is 5.88. The van der Waals surface area contributed by atoms with Crippen molar-refractivity contribution in [3.63, 3.8) is 0 Å². The average molecular weight is 267 g/mol. The van der Waals surface area contributed by atoms with Gasteiger partial charge in [-0.3, -0.25) is 0 Å². The zero-order valence-corrected chi connectivity index (χ0v) is 10.1. The van der Waals surface area contributed by atoms with Gasteiger partial charge in [-0.05, 0) is 5.56 Å². The summed E-state index contributed by atoms with van der Waals surface area (Å²) in [5, 5.41) is 11.2. The summed E-state index contributed by atoms with van der Waals surface area (Å²) in [5.74, 6) is -1.24. The molecular weight excluding hydrogens is 253 g/mol. The van der Waals surface area contributed by atoms with Gasteiger partial charge in [0.15, 0.2) is 0 Å². The van der Waals surface area contributed by atoms with Gasteiger partial charge in [0.1, 0.15) is 18.3 Å². The molecule has 0 heterocycles. The number of carboxylic acid groups (broad SMARTS) is 1. The molecule has 2 N–H and O–H groups in total. The third kappa shape index (κ3) is 3.01. The molecule has 0 spiro atoms. The van der Waals surface area contributed by atoms with Crippen LogP contribution in [0.5, 0.6) is 0 Å². The zero-order chi connectivity index (χ0) is 13.9. The van der Waals surface area contributed by atoms with Crippen molar-refractivity contribution in [3.8, 4) is 0 Å². The fraction of sp³-hybridized carbons (Fsp3) is 0.385. The number of carbonyl (C=O) groups excluding carboxylic acids is 1. The van der Waals surface area contributed by atoms with E-state index in [0.717, 1.165) is 5.56 Å². The van der Waals surface area contributed by atoms with Crippen LogP contribution in [0.4, 0.5) is 9.18 Å². The van der Waals surface area contributed by atoms with Gasteiger partial charge < -0.3 is 15.2 Å². The van der Waals surface area contributed by atoms with Gasteiger partial charge >= 0.3 is 12.1 Å². The smallest absolute Gasteiger partial charge is 0.408 e. The SMILES string of the molecule is O=C(NC1(C(=O)O)CC(F)C1)OCc1ccccc1. The number of rotatable bonds is 4. The van der Waals surface area contributed by atoms with Crippen LogP contribution in [-0.2, 0) is 16.1 Å². The molecule has 5 nitrogen and oxygen atoms in total. The minimum atomic E-state index is -1.52. The Labute approximate surface area is 109 Å². The largest absolute Gasteiger partial charge is 0.479 e. The molecule has 0 bridgehead atoms. The molecule has 0 atom stereocenters. The Morgan fingerprint density at radius 1 is 1.37 bits per heavy atom. The van der Waals surface area contributed by atoms with Crippen LogP contribution in [0.25, 0.3) is 0 Å². The van der Waals surface area contributed by atoms with Gasteiger partial charge in [0, 0.05) is 12.8 Å². The lowest BCUT2D eigenvalue weighted by molar-refractivity contribution is -0.151. The van der Waals surface area contributed by atoms with E-state index in [1.807, 2.05) is 6.07 Å². The van der Waals surface area contributed by atoms with Gasteiger partial charge in [-0.1, -0.05) is 30.3 Å². The highest BCUT2D eigenvalue weighted by molar-refractivity contribution is 5.85. The van der Waals surface area contributed by atoms with E-state index in [2.05, 4.69) is 5.32 Å². The highest BCUT2D eigenvalue weighted by Gasteiger charge is 2.52. The number of nitrogens with one attached hydrogen (secondary N) is 1. The van der Waals surface area contributed by atoms with Crippen LogP contribution in [0.1, 0.15) is 18.4 Å². The number of hydrogen-bond donors (Lipinski definition) is 2. The minimum Gasteiger partial charge on any atom is -0.479 e. The van der Waals surface area contributed by atoms with Crippen LogP contribution in [0, 0.1) is 0 Å². The molecule has 0 saturated heterocycles. The second-order valence-electron chi connectivity index (χ2n) is 4.58. The predicted octanol–water partition coefficient (Wildman–Crippen LogP) is 1.87. The van der Waals surface area contributed by atoms with Crippen molar-refractivity contribution >= 4 is 12.1 Å². The number of benzene rings is 1. The van der Waals surface area contributed by atoms with Gasteiger partial charge in [-0.2, -0.15) is 0 Å². The number of aliphatic carboxylic acids is 1. The first kappa shape index (κ1) is 13.3. The summed E-state index contributed by atoms with van der Waals surface area (Å²) in [6, 6.07) is 8.99. The second kappa shape index (κ2) is 5.26. The van der Waals surface area contributed by atoms with Crippen molar-refractivity contribution in [1.29, 1.82) is 0 Å². The Hall–Kier alpha value is -2.11. The Morgan fingerprint density at radius 3 is 2.53 bits per heavy atom. The molecule has 1 aliphatic rings. The molecule has 1 aromatic carbocycles. The van der Waals surface area contributed by atoms with Crippen LogP contribution >= 0.6 is 0 Å². The fourth-order valence-corrected chi connectivity index (χ4v) is 1.98. The Morgan fingerprint density at radius 2 is 2.00 bits per heavy atom. The van der Waals surface area contributed by atoms with Crippen molar-refractivity contribution in [2.45, 2.75) is 31.2 Å². The molecule has 1 fully saturated rings. The first-order valence-electron chi connectivity index (χ1n) is 5.88. The third-order valence-electron chi connectivity index (χ3n) is 3.10. The fourth-order valence-electron chi connectivity index (χ4n) is 1.98. The molecule has 0 aromatic heterocycles.